The monoisotopic (exact) mass is 289 g/mol. The summed E-state index contributed by atoms with van der Waals surface area (Å²) in [6.07, 6.45) is 2.35. The molecular weight excluding hydrogens is 258 g/mol. The maximum Gasteiger partial charge on any atom is 0.143 e. The van der Waals surface area contributed by atoms with Gasteiger partial charge in [0.2, 0.25) is 0 Å². The van der Waals surface area contributed by atoms with Crippen molar-refractivity contribution < 1.29 is 4.79 Å². The van der Waals surface area contributed by atoms with E-state index >= 15 is 0 Å². The summed E-state index contributed by atoms with van der Waals surface area (Å²) < 4.78 is 0. The maximum atomic E-state index is 12.8. The number of benzene rings is 1. The molecule has 0 saturated heterocycles. The Morgan fingerprint density at radius 1 is 1.14 bits per heavy atom. The third kappa shape index (κ3) is 3.94. The highest BCUT2D eigenvalue weighted by atomic mass is 16.1. The van der Waals surface area contributed by atoms with Crippen molar-refractivity contribution in [2.75, 3.05) is 14.1 Å². The largest absolute Gasteiger partial charge is 0.306 e. The Morgan fingerprint density at radius 3 is 2.10 bits per heavy atom. The van der Waals surface area contributed by atoms with Crippen molar-refractivity contribution in [2.45, 2.75) is 58.4 Å². The average Bonchev–Trinajstić information content (AvgIpc) is 2.48. The lowest BCUT2D eigenvalue weighted by Gasteiger charge is -2.39. The fraction of sp³-hybridized carbons (Fsp3) is 0.632. The van der Waals surface area contributed by atoms with Crippen LogP contribution < -0.4 is 0 Å². The fourth-order valence-corrected chi connectivity index (χ4v) is 3.41. The van der Waals surface area contributed by atoms with Gasteiger partial charge < -0.3 is 4.90 Å². The molecule has 0 unspecified atom stereocenters. The van der Waals surface area contributed by atoms with Crippen LogP contribution >= 0.6 is 0 Å². The highest BCUT2D eigenvalue weighted by molar-refractivity contribution is 5.90. The van der Waals surface area contributed by atoms with Gasteiger partial charge in [-0.05, 0) is 38.4 Å². The van der Waals surface area contributed by atoms with Gasteiger partial charge in [0.1, 0.15) is 5.78 Å². The van der Waals surface area contributed by atoms with Gasteiger partial charge in [-0.15, -0.1) is 0 Å². The predicted octanol–water partition coefficient (Wildman–Crippen LogP) is 4.29. The zero-order valence-corrected chi connectivity index (χ0v) is 14.5. The summed E-state index contributed by atoms with van der Waals surface area (Å²) in [7, 11) is 4.24. The summed E-state index contributed by atoms with van der Waals surface area (Å²) >= 11 is 0. The Labute approximate surface area is 130 Å². The number of rotatable bonds is 8. The molecule has 0 heterocycles. The van der Waals surface area contributed by atoms with Crippen molar-refractivity contribution in [3.63, 3.8) is 0 Å². The highest BCUT2D eigenvalue weighted by Gasteiger charge is 2.40. The van der Waals surface area contributed by atoms with E-state index < -0.39 is 0 Å². The van der Waals surface area contributed by atoms with Crippen LogP contribution in [0.3, 0.4) is 0 Å². The first-order valence-electron chi connectivity index (χ1n) is 8.14. The van der Waals surface area contributed by atoms with Gasteiger partial charge in [-0.2, -0.15) is 0 Å². The van der Waals surface area contributed by atoms with Crippen LogP contribution in [0.1, 0.15) is 52.5 Å². The molecule has 0 aromatic heterocycles. The van der Waals surface area contributed by atoms with Crippen LogP contribution in [0.25, 0.3) is 0 Å². The van der Waals surface area contributed by atoms with Gasteiger partial charge in [0, 0.05) is 12.5 Å². The minimum Gasteiger partial charge on any atom is -0.306 e. The molecule has 2 nitrogen and oxygen atoms in total. The minimum absolute atomic E-state index is 0.352. The Hall–Kier alpha value is -1.15. The van der Waals surface area contributed by atoms with Gasteiger partial charge in [0.15, 0.2) is 0 Å². The van der Waals surface area contributed by atoms with Crippen molar-refractivity contribution in [1.82, 2.24) is 4.90 Å². The number of Topliss-reactive ketones (excluding diaryl/α,β-unsaturated/α-hetero) is 1. The first kappa shape index (κ1) is 17.9. The van der Waals surface area contributed by atoms with E-state index in [0.29, 0.717) is 24.2 Å². The second kappa shape index (κ2) is 7.74. The molecule has 2 atom stereocenters. The molecule has 0 bridgehead atoms. The van der Waals surface area contributed by atoms with Crippen LogP contribution in [-0.2, 0) is 10.2 Å². The van der Waals surface area contributed by atoms with Crippen LogP contribution in [-0.4, -0.2) is 30.8 Å². The first-order valence-corrected chi connectivity index (χ1v) is 8.14. The molecule has 0 amide bonds. The van der Waals surface area contributed by atoms with Crippen LogP contribution in [0.15, 0.2) is 30.3 Å². The summed E-state index contributed by atoms with van der Waals surface area (Å²) in [6, 6.07) is 10.7. The molecule has 0 aliphatic carbocycles. The maximum absolute atomic E-state index is 12.8. The van der Waals surface area contributed by atoms with Crippen molar-refractivity contribution in [1.29, 1.82) is 0 Å². The second-order valence-electron chi connectivity index (χ2n) is 6.56. The molecule has 21 heavy (non-hydrogen) atoms. The number of nitrogens with zero attached hydrogens (tertiary/aromatic N) is 1. The third-order valence-electron chi connectivity index (χ3n) is 4.78. The van der Waals surface area contributed by atoms with Gasteiger partial charge in [-0.1, -0.05) is 58.0 Å². The first-order chi connectivity index (χ1) is 9.89. The molecule has 0 saturated carbocycles. The molecule has 0 spiro atoms. The zero-order chi connectivity index (χ0) is 16.0. The van der Waals surface area contributed by atoms with Gasteiger partial charge >= 0.3 is 0 Å². The molecule has 1 aromatic rings. The van der Waals surface area contributed by atoms with Gasteiger partial charge in [0.25, 0.3) is 0 Å². The number of hydrogen-bond donors (Lipinski definition) is 0. The Kier molecular flexibility index (Phi) is 6.60. The summed E-state index contributed by atoms with van der Waals surface area (Å²) in [5.41, 5.74) is 0.821. The van der Waals surface area contributed by atoms with E-state index in [0.717, 1.165) is 12.8 Å². The minimum atomic E-state index is -0.352. The summed E-state index contributed by atoms with van der Waals surface area (Å²) in [5.74, 6) is 0.892. The van der Waals surface area contributed by atoms with Crippen molar-refractivity contribution in [2.24, 2.45) is 5.92 Å². The van der Waals surface area contributed by atoms with Crippen molar-refractivity contribution in [3.05, 3.63) is 35.9 Å². The normalized spacial score (nSPS) is 16.0. The lowest BCUT2D eigenvalue weighted by molar-refractivity contribution is -0.125. The van der Waals surface area contributed by atoms with Gasteiger partial charge in [0.05, 0.1) is 5.41 Å². The lowest BCUT2D eigenvalue weighted by Crippen LogP contribution is -2.44. The number of carbonyl (C=O) groups excluding carboxylic acids is 1. The summed E-state index contributed by atoms with van der Waals surface area (Å²) in [6.45, 7) is 8.61. The van der Waals surface area contributed by atoms with Crippen LogP contribution in [0.4, 0.5) is 0 Å². The second-order valence-corrected chi connectivity index (χ2v) is 6.56. The van der Waals surface area contributed by atoms with E-state index in [-0.39, 0.29) is 5.41 Å². The molecule has 0 radical (unpaired) electrons. The van der Waals surface area contributed by atoms with E-state index in [1.165, 1.54) is 5.56 Å². The van der Waals surface area contributed by atoms with E-state index in [1.54, 1.807) is 0 Å². The van der Waals surface area contributed by atoms with E-state index in [4.69, 9.17) is 0 Å². The van der Waals surface area contributed by atoms with Gasteiger partial charge in [-0.3, -0.25) is 4.79 Å². The smallest absolute Gasteiger partial charge is 0.143 e. The van der Waals surface area contributed by atoms with Crippen LogP contribution in [0.5, 0.6) is 0 Å². The SMILES string of the molecule is CCC(=O)[C@@](CC)(C[C@H](C(C)C)N(C)C)c1ccccc1. The van der Waals surface area contributed by atoms with E-state index in [2.05, 4.69) is 51.9 Å². The predicted molar refractivity (Wildman–Crippen MR) is 90.6 cm³/mol. The van der Waals surface area contributed by atoms with Crippen LogP contribution in [0.2, 0.25) is 0 Å². The number of carbonyl (C=O) groups is 1. The number of hydrogen-bond acceptors (Lipinski definition) is 2. The molecule has 0 aliphatic heterocycles. The topological polar surface area (TPSA) is 20.3 Å². The van der Waals surface area contributed by atoms with E-state index in [9.17, 15) is 4.79 Å². The fourth-order valence-electron chi connectivity index (χ4n) is 3.41. The van der Waals surface area contributed by atoms with Crippen LogP contribution in [0, 0.1) is 5.92 Å². The molecule has 118 valence electrons. The molecular formula is C19H31NO. The van der Waals surface area contributed by atoms with Gasteiger partial charge in [-0.25, -0.2) is 0 Å². The Balaban J connectivity index is 3.28. The Bertz CT molecular complexity index is 430. The van der Waals surface area contributed by atoms with Crippen molar-refractivity contribution in [3.8, 4) is 0 Å². The molecule has 0 aliphatic rings. The third-order valence-corrected chi connectivity index (χ3v) is 4.78. The highest BCUT2D eigenvalue weighted by Crippen LogP contribution is 2.37. The number of ketones is 1. The quantitative estimate of drug-likeness (QED) is 0.711. The standard InChI is InChI=1S/C19H31NO/c1-7-18(21)19(8-2,16-12-10-9-11-13-16)14-17(15(3)4)20(5)6/h9-13,15,17H,7-8,14H2,1-6H3/t17-,19+/m1/s1. The molecule has 0 N–H and O–H groups in total. The average molecular weight is 289 g/mol. The van der Waals surface area contributed by atoms with E-state index in [1.807, 2.05) is 25.1 Å². The zero-order valence-electron chi connectivity index (χ0n) is 14.5. The molecule has 1 rings (SSSR count). The van der Waals surface area contributed by atoms with Crippen molar-refractivity contribution >= 4 is 5.78 Å². The lowest BCUT2D eigenvalue weighted by atomic mass is 9.68. The molecule has 1 aromatic carbocycles. The Morgan fingerprint density at radius 2 is 1.71 bits per heavy atom. The summed E-state index contributed by atoms with van der Waals surface area (Å²) in [5, 5.41) is 0. The molecule has 2 heteroatoms. The molecule has 0 fully saturated rings. The summed E-state index contributed by atoms with van der Waals surface area (Å²) in [4.78, 5) is 15.1.